The minimum atomic E-state index is -0.389. The maximum absolute atomic E-state index is 12.3. The van der Waals surface area contributed by atoms with Gasteiger partial charge in [-0.05, 0) is 32.6 Å². The van der Waals surface area contributed by atoms with Gasteiger partial charge in [0, 0.05) is 25.5 Å². The fourth-order valence-electron chi connectivity index (χ4n) is 1.89. The van der Waals surface area contributed by atoms with E-state index in [9.17, 15) is 9.59 Å². The van der Waals surface area contributed by atoms with Crippen LogP contribution in [0.4, 0.5) is 0 Å². The van der Waals surface area contributed by atoms with Gasteiger partial charge in [-0.25, -0.2) is 4.98 Å². The van der Waals surface area contributed by atoms with Crippen LogP contribution in [0, 0.1) is 6.92 Å². The Balaban J connectivity index is 2.29. The fraction of sp³-hybridized carbons (Fsp3) is 0.357. The number of pyridine rings is 1. The SMILES string of the molecule is Cc1cccn2c(=O)c(C(=O)NCCN(C)C)cnc12. The number of hydrogen-bond acceptors (Lipinski definition) is 4. The van der Waals surface area contributed by atoms with Crippen molar-refractivity contribution in [2.24, 2.45) is 0 Å². The number of fused-ring (bicyclic) bond motifs is 1. The molecule has 2 heterocycles. The number of nitrogens with one attached hydrogen (secondary N) is 1. The highest BCUT2D eigenvalue weighted by molar-refractivity contribution is 5.93. The molecule has 0 atom stereocenters. The van der Waals surface area contributed by atoms with Crippen molar-refractivity contribution < 1.29 is 4.79 Å². The van der Waals surface area contributed by atoms with Crippen molar-refractivity contribution in [3.05, 3.63) is 46.0 Å². The van der Waals surface area contributed by atoms with Crippen LogP contribution in [-0.4, -0.2) is 47.4 Å². The number of aromatic nitrogens is 2. The summed E-state index contributed by atoms with van der Waals surface area (Å²) in [4.78, 5) is 30.4. The summed E-state index contributed by atoms with van der Waals surface area (Å²) in [6, 6.07) is 3.64. The Hall–Kier alpha value is -2.21. The van der Waals surface area contributed by atoms with Crippen molar-refractivity contribution in [1.29, 1.82) is 0 Å². The van der Waals surface area contributed by atoms with E-state index in [0.29, 0.717) is 18.7 Å². The molecule has 1 amide bonds. The monoisotopic (exact) mass is 274 g/mol. The van der Waals surface area contributed by atoms with Crippen LogP contribution in [0.25, 0.3) is 5.65 Å². The molecule has 20 heavy (non-hydrogen) atoms. The number of hydrogen-bond donors (Lipinski definition) is 1. The van der Waals surface area contributed by atoms with Crippen LogP contribution in [0.15, 0.2) is 29.3 Å². The second-order valence-corrected chi connectivity index (χ2v) is 4.92. The molecule has 0 spiro atoms. The Bertz CT molecular complexity index is 691. The van der Waals surface area contributed by atoms with Crippen LogP contribution >= 0.6 is 0 Å². The van der Waals surface area contributed by atoms with Gasteiger partial charge in [0.1, 0.15) is 11.2 Å². The number of likely N-dealkylation sites (N-methyl/N-ethyl adjacent to an activating group) is 1. The molecule has 0 saturated carbocycles. The molecule has 6 heteroatoms. The molecule has 0 bridgehead atoms. The van der Waals surface area contributed by atoms with Crippen LogP contribution in [-0.2, 0) is 0 Å². The van der Waals surface area contributed by atoms with Gasteiger partial charge in [-0.1, -0.05) is 6.07 Å². The molecular formula is C14H18N4O2. The quantitative estimate of drug-likeness (QED) is 0.870. The molecule has 0 aliphatic carbocycles. The van der Waals surface area contributed by atoms with Crippen LogP contribution < -0.4 is 10.9 Å². The van der Waals surface area contributed by atoms with Crippen LogP contribution in [0.1, 0.15) is 15.9 Å². The number of carbonyl (C=O) groups excluding carboxylic acids is 1. The molecule has 1 N–H and O–H groups in total. The predicted octanol–water partition coefficient (Wildman–Crippen LogP) is 0.294. The van der Waals surface area contributed by atoms with Crippen molar-refractivity contribution in [2.75, 3.05) is 27.2 Å². The summed E-state index contributed by atoms with van der Waals surface area (Å²) in [5.74, 6) is -0.389. The highest BCUT2D eigenvalue weighted by atomic mass is 16.2. The largest absolute Gasteiger partial charge is 0.351 e. The van der Waals surface area contributed by atoms with Gasteiger partial charge in [0.25, 0.3) is 11.5 Å². The highest BCUT2D eigenvalue weighted by Crippen LogP contribution is 2.04. The van der Waals surface area contributed by atoms with E-state index in [0.717, 1.165) is 5.56 Å². The lowest BCUT2D eigenvalue weighted by atomic mass is 10.2. The molecule has 0 aliphatic rings. The van der Waals surface area contributed by atoms with E-state index < -0.39 is 0 Å². The zero-order chi connectivity index (χ0) is 14.7. The number of aryl methyl sites for hydroxylation is 1. The van der Waals surface area contributed by atoms with Gasteiger partial charge >= 0.3 is 0 Å². The zero-order valence-electron chi connectivity index (χ0n) is 11.9. The standard InChI is InChI=1S/C14H18N4O2/c1-10-5-4-7-18-12(10)16-9-11(14(18)20)13(19)15-6-8-17(2)3/h4-5,7,9H,6,8H2,1-3H3,(H,15,19). The highest BCUT2D eigenvalue weighted by Gasteiger charge is 2.13. The number of amides is 1. The van der Waals surface area contributed by atoms with Gasteiger partial charge in [0.05, 0.1) is 0 Å². The normalized spacial score (nSPS) is 11.0. The fourth-order valence-corrected chi connectivity index (χ4v) is 1.89. The molecule has 2 aromatic rings. The first-order chi connectivity index (χ1) is 9.50. The molecule has 0 unspecified atom stereocenters. The van der Waals surface area contributed by atoms with E-state index in [-0.39, 0.29) is 17.0 Å². The summed E-state index contributed by atoms with van der Waals surface area (Å²) in [7, 11) is 3.84. The lowest BCUT2D eigenvalue weighted by molar-refractivity contribution is 0.0949. The molecule has 0 fully saturated rings. The van der Waals surface area contributed by atoms with Gasteiger partial charge in [0.2, 0.25) is 0 Å². The van der Waals surface area contributed by atoms with Crippen molar-refractivity contribution >= 4 is 11.6 Å². The Morgan fingerprint density at radius 3 is 2.90 bits per heavy atom. The smallest absolute Gasteiger partial charge is 0.270 e. The minimum absolute atomic E-state index is 0.0619. The number of carbonyl (C=O) groups is 1. The average molecular weight is 274 g/mol. The van der Waals surface area contributed by atoms with E-state index in [1.54, 1.807) is 12.3 Å². The summed E-state index contributed by atoms with van der Waals surface area (Å²) in [6.45, 7) is 3.08. The summed E-state index contributed by atoms with van der Waals surface area (Å²) in [6.07, 6.45) is 2.96. The van der Waals surface area contributed by atoms with Gasteiger partial charge < -0.3 is 10.2 Å². The number of rotatable bonds is 4. The Morgan fingerprint density at radius 2 is 2.20 bits per heavy atom. The Kier molecular flexibility index (Phi) is 4.14. The van der Waals surface area contributed by atoms with E-state index >= 15 is 0 Å². The Morgan fingerprint density at radius 1 is 1.45 bits per heavy atom. The van der Waals surface area contributed by atoms with Crippen molar-refractivity contribution in [1.82, 2.24) is 19.6 Å². The predicted molar refractivity (Wildman–Crippen MR) is 77.1 cm³/mol. The molecule has 0 saturated heterocycles. The van der Waals surface area contributed by atoms with E-state index in [1.807, 2.05) is 32.0 Å². The molecule has 2 rings (SSSR count). The molecular weight excluding hydrogens is 256 g/mol. The van der Waals surface area contributed by atoms with Gasteiger partial charge in [-0.3, -0.25) is 14.0 Å². The molecule has 0 aliphatic heterocycles. The lowest BCUT2D eigenvalue weighted by Crippen LogP contribution is -2.35. The van der Waals surface area contributed by atoms with Gasteiger partial charge in [0.15, 0.2) is 0 Å². The molecule has 0 radical (unpaired) electrons. The maximum atomic E-state index is 12.3. The molecule has 2 aromatic heterocycles. The summed E-state index contributed by atoms with van der Waals surface area (Å²) in [5, 5.41) is 2.72. The third-order valence-electron chi connectivity index (χ3n) is 3.02. The maximum Gasteiger partial charge on any atom is 0.270 e. The topological polar surface area (TPSA) is 66.7 Å². The van der Waals surface area contributed by atoms with Crippen molar-refractivity contribution in [2.45, 2.75) is 6.92 Å². The number of nitrogens with zero attached hydrogens (tertiary/aromatic N) is 3. The van der Waals surface area contributed by atoms with Gasteiger partial charge in [-0.15, -0.1) is 0 Å². The summed E-state index contributed by atoms with van der Waals surface area (Å²) < 4.78 is 1.40. The summed E-state index contributed by atoms with van der Waals surface area (Å²) >= 11 is 0. The second-order valence-electron chi connectivity index (χ2n) is 4.92. The second kappa shape index (κ2) is 5.83. The molecule has 6 nitrogen and oxygen atoms in total. The minimum Gasteiger partial charge on any atom is -0.351 e. The third kappa shape index (κ3) is 2.85. The molecule has 106 valence electrons. The van der Waals surface area contributed by atoms with Crippen molar-refractivity contribution in [3.63, 3.8) is 0 Å². The van der Waals surface area contributed by atoms with Gasteiger partial charge in [-0.2, -0.15) is 0 Å². The first-order valence-corrected chi connectivity index (χ1v) is 6.40. The molecule has 0 aromatic carbocycles. The first kappa shape index (κ1) is 14.2. The van der Waals surface area contributed by atoms with E-state index in [2.05, 4.69) is 10.3 Å². The van der Waals surface area contributed by atoms with Crippen LogP contribution in [0.5, 0.6) is 0 Å². The lowest BCUT2D eigenvalue weighted by Gasteiger charge is -2.10. The first-order valence-electron chi connectivity index (χ1n) is 6.40. The summed E-state index contributed by atoms with van der Waals surface area (Å²) in [5.41, 5.74) is 1.18. The van der Waals surface area contributed by atoms with Crippen LogP contribution in [0.2, 0.25) is 0 Å². The van der Waals surface area contributed by atoms with E-state index in [1.165, 1.54) is 10.6 Å². The Labute approximate surface area is 117 Å². The van der Waals surface area contributed by atoms with Crippen molar-refractivity contribution in [3.8, 4) is 0 Å². The van der Waals surface area contributed by atoms with Crippen LogP contribution in [0.3, 0.4) is 0 Å². The zero-order valence-corrected chi connectivity index (χ0v) is 11.9. The average Bonchev–Trinajstić information content (AvgIpc) is 2.39. The third-order valence-corrected chi connectivity index (χ3v) is 3.02. The van der Waals surface area contributed by atoms with E-state index in [4.69, 9.17) is 0 Å².